The van der Waals surface area contributed by atoms with E-state index in [1.54, 1.807) is 16.8 Å². The van der Waals surface area contributed by atoms with Crippen molar-refractivity contribution in [2.75, 3.05) is 12.0 Å². The van der Waals surface area contributed by atoms with Crippen molar-refractivity contribution >= 4 is 11.6 Å². The minimum absolute atomic E-state index is 0.561. The quantitative estimate of drug-likeness (QED) is 0.561. The van der Waals surface area contributed by atoms with Crippen LogP contribution in [0.1, 0.15) is 0 Å². The largest absolute Gasteiger partial charge is 0.323 e. The number of anilines is 1. The lowest BCUT2D eigenvalue weighted by molar-refractivity contribution is -0.117. The molecule has 1 aromatic heterocycles. The zero-order valence-corrected chi connectivity index (χ0v) is 14.9. The molecule has 28 heavy (non-hydrogen) atoms. The summed E-state index contributed by atoms with van der Waals surface area (Å²) in [7, 11) is 0. The van der Waals surface area contributed by atoms with Gasteiger partial charge in [-0.05, 0) is 23.8 Å². The van der Waals surface area contributed by atoms with Gasteiger partial charge in [0.2, 0.25) is 0 Å². The maximum atomic E-state index is 12.6. The number of alkyl halides is 1. The molecule has 0 saturated carbocycles. The predicted octanol–water partition coefficient (Wildman–Crippen LogP) is 4.51. The highest BCUT2D eigenvalue weighted by Crippen LogP contribution is 2.29. The fourth-order valence-electron chi connectivity index (χ4n) is 2.97. The van der Waals surface area contributed by atoms with Crippen LogP contribution in [0.15, 0.2) is 85.1 Å². The van der Waals surface area contributed by atoms with E-state index < -0.39 is 12.6 Å². The lowest BCUT2D eigenvalue weighted by atomic mass is 10.0. The van der Waals surface area contributed by atoms with Gasteiger partial charge in [-0.15, -0.1) is 5.10 Å². The number of hydrogen-bond acceptors (Lipinski definition) is 3. The van der Waals surface area contributed by atoms with Gasteiger partial charge in [0.05, 0.1) is 11.9 Å². The Morgan fingerprint density at radius 2 is 1.68 bits per heavy atom. The molecule has 1 N–H and O–H groups in total. The molecule has 0 aliphatic carbocycles. The number of benzene rings is 3. The molecule has 4 rings (SSSR count). The molecule has 0 bridgehead atoms. The third-order valence-corrected chi connectivity index (χ3v) is 4.31. The molecule has 0 aliphatic heterocycles. The monoisotopic (exact) mass is 372 g/mol. The molecule has 1 amide bonds. The van der Waals surface area contributed by atoms with Crippen LogP contribution in [0.3, 0.4) is 0 Å². The first-order valence-electron chi connectivity index (χ1n) is 8.78. The molecule has 3 aromatic carbocycles. The summed E-state index contributed by atoms with van der Waals surface area (Å²) in [6.45, 7) is -1.06. The summed E-state index contributed by atoms with van der Waals surface area (Å²) in [5, 5.41) is 11.1. The number of para-hydroxylation sites is 1. The van der Waals surface area contributed by atoms with E-state index in [0.29, 0.717) is 5.69 Å². The molecule has 0 radical (unpaired) electrons. The van der Waals surface area contributed by atoms with Gasteiger partial charge in [-0.3, -0.25) is 4.79 Å². The maximum absolute atomic E-state index is 12.6. The van der Waals surface area contributed by atoms with Crippen molar-refractivity contribution in [1.82, 2.24) is 15.0 Å². The molecular weight excluding hydrogens is 355 g/mol. The van der Waals surface area contributed by atoms with Crippen LogP contribution >= 0.6 is 0 Å². The van der Waals surface area contributed by atoms with Crippen LogP contribution in [0.2, 0.25) is 0 Å². The van der Waals surface area contributed by atoms with Crippen molar-refractivity contribution in [3.05, 3.63) is 85.1 Å². The molecule has 0 unspecified atom stereocenters. The van der Waals surface area contributed by atoms with Crippen molar-refractivity contribution in [3.8, 4) is 28.1 Å². The number of halogens is 1. The Hall–Kier alpha value is -3.80. The van der Waals surface area contributed by atoms with E-state index in [9.17, 15) is 9.18 Å². The topological polar surface area (TPSA) is 59.8 Å². The summed E-state index contributed by atoms with van der Waals surface area (Å²) in [6.07, 6.45) is 1.87. The molecule has 4 aromatic rings. The van der Waals surface area contributed by atoms with E-state index in [0.717, 1.165) is 28.1 Å². The third kappa shape index (κ3) is 3.66. The Morgan fingerprint density at radius 1 is 0.929 bits per heavy atom. The highest BCUT2D eigenvalue weighted by Gasteiger charge is 2.10. The van der Waals surface area contributed by atoms with Crippen LogP contribution in [0.25, 0.3) is 28.1 Å². The molecule has 0 spiro atoms. The maximum Gasteiger partial charge on any atom is 0.255 e. The second-order valence-electron chi connectivity index (χ2n) is 6.19. The van der Waals surface area contributed by atoms with E-state index in [1.807, 2.05) is 72.9 Å². The second kappa shape index (κ2) is 7.84. The van der Waals surface area contributed by atoms with E-state index in [4.69, 9.17) is 0 Å². The molecule has 0 fully saturated rings. The van der Waals surface area contributed by atoms with Gasteiger partial charge in [-0.25, -0.2) is 9.07 Å². The van der Waals surface area contributed by atoms with Gasteiger partial charge in [0, 0.05) is 16.8 Å². The summed E-state index contributed by atoms with van der Waals surface area (Å²) >= 11 is 0. The number of rotatable bonds is 5. The Labute approximate surface area is 161 Å². The van der Waals surface area contributed by atoms with Gasteiger partial charge in [0.1, 0.15) is 5.69 Å². The molecule has 1 heterocycles. The molecular formula is C22H17FN4O. The molecule has 0 aliphatic rings. The zero-order valence-electron chi connectivity index (χ0n) is 14.9. The van der Waals surface area contributed by atoms with E-state index in [-0.39, 0.29) is 0 Å². The Kier molecular flexibility index (Phi) is 4.93. The highest BCUT2D eigenvalue weighted by atomic mass is 19.1. The number of carbonyl (C=O) groups is 1. The van der Waals surface area contributed by atoms with Gasteiger partial charge in [0.25, 0.3) is 5.91 Å². The molecule has 0 saturated heterocycles. The number of nitrogens with one attached hydrogen (secondary N) is 1. The van der Waals surface area contributed by atoms with Gasteiger partial charge in [-0.1, -0.05) is 65.9 Å². The van der Waals surface area contributed by atoms with Crippen LogP contribution in [-0.4, -0.2) is 27.6 Å². The van der Waals surface area contributed by atoms with Crippen molar-refractivity contribution < 1.29 is 9.18 Å². The normalized spacial score (nSPS) is 10.6. The van der Waals surface area contributed by atoms with Crippen LogP contribution in [0, 0.1) is 0 Å². The summed E-state index contributed by atoms with van der Waals surface area (Å²) in [6, 6.07) is 24.8. The number of amides is 1. The molecule has 6 heteroatoms. The summed E-state index contributed by atoms with van der Waals surface area (Å²) < 4.78 is 14.3. The smallest absolute Gasteiger partial charge is 0.255 e. The summed E-state index contributed by atoms with van der Waals surface area (Å²) in [5.41, 5.74) is 4.84. The first-order valence-corrected chi connectivity index (χ1v) is 8.78. The zero-order chi connectivity index (χ0) is 19.3. The fraction of sp³-hybridized carbons (Fsp3) is 0.0455. The van der Waals surface area contributed by atoms with Gasteiger partial charge >= 0.3 is 0 Å². The lowest BCUT2D eigenvalue weighted by Crippen LogP contribution is -2.13. The first kappa shape index (κ1) is 17.6. The lowest BCUT2D eigenvalue weighted by Gasteiger charge is -2.11. The van der Waals surface area contributed by atoms with E-state index in [1.165, 1.54) is 0 Å². The van der Waals surface area contributed by atoms with Crippen LogP contribution in [0.5, 0.6) is 0 Å². The number of carbonyl (C=O) groups excluding carboxylic acids is 1. The second-order valence-corrected chi connectivity index (χ2v) is 6.19. The molecule has 5 nitrogen and oxygen atoms in total. The predicted molar refractivity (Wildman–Crippen MR) is 107 cm³/mol. The Morgan fingerprint density at radius 3 is 2.50 bits per heavy atom. The third-order valence-electron chi connectivity index (χ3n) is 4.31. The van der Waals surface area contributed by atoms with E-state index in [2.05, 4.69) is 15.6 Å². The van der Waals surface area contributed by atoms with Gasteiger partial charge in [0.15, 0.2) is 6.67 Å². The minimum atomic E-state index is -1.06. The van der Waals surface area contributed by atoms with Gasteiger partial charge in [-0.2, -0.15) is 0 Å². The van der Waals surface area contributed by atoms with Crippen molar-refractivity contribution in [2.24, 2.45) is 0 Å². The van der Waals surface area contributed by atoms with Crippen LogP contribution in [0.4, 0.5) is 10.1 Å². The summed E-state index contributed by atoms with van der Waals surface area (Å²) in [4.78, 5) is 11.5. The fourth-order valence-corrected chi connectivity index (χ4v) is 2.97. The summed E-state index contributed by atoms with van der Waals surface area (Å²) in [5.74, 6) is -0.674. The number of hydrogen-bond donors (Lipinski definition) is 1. The molecule has 138 valence electrons. The average Bonchev–Trinajstić information content (AvgIpc) is 3.25. The Bertz CT molecular complexity index is 1110. The van der Waals surface area contributed by atoms with Crippen LogP contribution in [-0.2, 0) is 4.79 Å². The molecule has 0 atom stereocenters. The minimum Gasteiger partial charge on any atom is -0.323 e. The van der Waals surface area contributed by atoms with Gasteiger partial charge < -0.3 is 5.32 Å². The highest BCUT2D eigenvalue weighted by molar-refractivity contribution is 5.96. The number of nitrogens with zero attached hydrogens (tertiary/aromatic N) is 3. The van der Waals surface area contributed by atoms with E-state index >= 15 is 0 Å². The number of aromatic nitrogens is 3. The van der Waals surface area contributed by atoms with Crippen molar-refractivity contribution in [1.29, 1.82) is 0 Å². The SMILES string of the molecule is O=C(CF)Nc1ccccc1-c1cccc(-n2cc(-c3ccccc3)nn2)c1. The first-order chi connectivity index (χ1) is 13.7. The Balaban J connectivity index is 1.68. The average molecular weight is 372 g/mol. The van der Waals surface area contributed by atoms with Crippen LogP contribution < -0.4 is 5.32 Å². The van der Waals surface area contributed by atoms with Crippen molar-refractivity contribution in [3.63, 3.8) is 0 Å². The standard InChI is InChI=1S/C22H17FN4O/c23-14-22(28)24-20-12-5-4-11-19(20)17-9-6-10-18(13-17)27-15-21(25-26-27)16-7-2-1-3-8-16/h1-13,15H,14H2,(H,24,28). The van der Waals surface area contributed by atoms with Crippen molar-refractivity contribution in [2.45, 2.75) is 0 Å².